The van der Waals surface area contributed by atoms with Gasteiger partial charge >= 0.3 is 0 Å². The first-order valence-electron chi connectivity index (χ1n) is 5.38. The molecular weight excluding hydrogens is 148 g/mol. The van der Waals surface area contributed by atoms with Gasteiger partial charge in [0, 0.05) is 0 Å². The van der Waals surface area contributed by atoms with E-state index in [4.69, 9.17) is 0 Å². The molecule has 12 heavy (non-hydrogen) atoms. The Hall–Kier alpha value is -0.0400. The van der Waals surface area contributed by atoms with Crippen LogP contribution in [0.4, 0.5) is 0 Å². The van der Waals surface area contributed by atoms with E-state index in [9.17, 15) is 5.11 Å². The van der Waals surface area contributed by atoms with Crippen molar-refractivity contribution in [3.05, 3.63) is 0 Å². The van der Waals surface area contributed by atoms with E-state index in [-0.39, 0.29) is 5.60 Å². The topological polar surface area (TPSA) is 20.2 Å². The standard InChI is InChI=1S/C11H18O/c1-11(12)9-3-7-2-8(5-9)6-10(11)4-7/h7-10,12H,2-6H2,1H3/t7-,8-,9-,10+,11?. The first-order valence-corrected chi connectivity index (χ1v) is 5.38. The summed E-state index contributed by atoms with van der Waals surface area (Å²) >= 11 is 0. The molecule has 0 amide bonds. The van der Waals surface area contributed by atoms with Crippen LogP contribution in [0.2, 0.25) is 0 Å². The molecule has 4 aliphatic rings. The number of rotatable bonds is 0. The van der Waals surface area contributed by atoms with Gasteiger partial charge in [0.1, 0.15) is 0 Å². The molecule has 4 fully saturated rings. The molecule has 0 aliphatic heterocycles. The van der Waals surface area contributed by atoms with E-state index in [0.29, 0.717) is 11.8 Å². The minimum atomic E-state index is -0.298. The van der Waals surface area contributed by atoms with Crippen LogP contribution in [0, 0.1) is 23.7 Å². The largest absolute Gasteiger partial charge is 0.390 e. The van der Waals surface area contributed by atoms with Gasteiger partial charge in [0.25, 0.3) is 0 Å². The highest BCUT2D eigenvalue weighted by atomic mass is 16.3. The van der Waals surface area contributed by atoms with Crippen molar-refractivity contribution in [2.45, 2.75) is 44.6 Å². The molecular formula is C11H18O. The van der Waals surface area contributed by atoms with E-state index in [1.165, 1.54) is 32.1 Å². The highest BCUT2D eigenvalue weighted by Crippen LogP contribution is 2.57. The van der Waals surface area contributed by atoms with E-state index in [1.807, 2.05) is 0 Å². The zero-order chi connectivity index (χ0) is 8.34. The maximum absolute atomic E-state index is 10.3. The van der Waals surface area contributed by atoms with Gasteiger partial charge in [-0.15, -0.1) is 0 Å². The Bertz CT molecular complexity index is 177. The molecule has 4 rings (SSSR count). The van der Waals surface area contributed by atoms with E-state index in [0.717, 1.165) is 11.8 Å². The van der Waals surface area contributed by atoms with Gasteiger partial charge in [-0.3, -0.25) is 0 Å². The Morgan fingerprint density at radius 1 is 0.917 bits per heavy atom. The van der Waals surface area contributed by atoms with Crippen LogP contribution in [0.1, 0.15) is 39.0 Å². The monoisotopic (exact) mass is 166 g/mol. The van der Waals surface area contributed by atoms with E-state index >= 15 is 0 Å². The summed E-state index contributed by atoms with van der Waals surface area (Å²) in [6.07, 6.45) is 6.75. The third-order valence-electron chi connectivity index (χ3n) is 4.79. The Balaban J connectivity index is 1.96. The van der Waals surface area contributed by atoms with Crippen LogP contribution < -0.4 is 0 Å². The number of aliphatic hydroxyl groups is 1. The molecule has 0 heterocycles. The summed E-state index contributed by atoms with van der Waals surface area (Å²) in [4.78, 5) is 0. The van der Waals surface area contributed by atoms with Crippen LogP contribution in [0.3, 0.4) is 0 Å². The number of hydrogen-bond acceptors (Lipinski definition) is 1. The average molecular weight is 166 g/mol. The minimum absolute atomic E-state index is 0.298. The summed E-state index contributed by atoms with van der Waals surface area (Å²) in [5, 5.41) is 10.3. The van der Waals surface area contributed by atoms with Crippen molar-refractivity contribution in [2.24, 2.45) is 23.7 Å². The van der Waals surface area contributed by atoms with Crippen molar-refractivity contribution in [3.63, 3.8) is 0 Å². The van der Waals surface area contributed by atoms with Crippen LogP contribution in [0.25, 0.3) is 0 Å². The Morgan fingerprint density at radius 2 is 1.33 bits per heavy atom. The average Bonchev–Trinajstić information content (AvgIpc) is 1.99. The zero-order valence-corrected chi connectivity index (χ0v) is 7.79. The molecule has 0 unspecified atom stereocenters. The predicted molar refractivity (Wildman–Crippen MR) is 47.7 cm³/mol. The molecule has 0 aromatic rings. The first-order chi connectivity index (χ1) is 5.66. The van der Waals surface area contributed by atoms with Gasteiger partial charge in [-0.25, -0.2) is 0 Å². The predicted octanol–water partition coefficient (Wildman–Crippen LogP) is 2.19. The second-order valence-corrected chi connectivity index (χ2v) is 5.53. The van der Waals surface area contributed by atoms with Gasteiger partial charge in [0.15, 0.2) is 0 Å². The summed E-state index contributed by atoms with van der Waals surface area (Å²) in [5.41, 5.74) is -0.298. The summed E-state index contributed by atoms with van der Waals surface area (Å²) < 4.78 is 0. The quantitative estimate of drug-likeness (QED) is 0.585. The van der Waals surface area contributed by atoms with Crippen LogP contribution >= 0.6 is 0 Å². The molecule has 0 saturated heterocycles. The second kappa shape index (κ2) is 2.06. The van der Waals surface area contributed by atoms with Crippen molar-refractivity contribution in [3.8, 4) is 0 Å². The SMILES string of the molecule is CC1(O)[C@H]2C[C@H]3C[C@H](C2)C[C@H]1C3. The number of hydrogen-bond donors (Lipinski definition) is 1. The van der Waals surface area contributed by atoms with Crippen molar-refractivity contribution < 1.29 is 5.11 Å². The van der Waals surface area contributed by atoms with Gasteiger partial charge in [-0.1, -0.05) is 0 Å². The van der Waals surface area contributed by atoms with Gasteiger partial charge in [-0.2, -0.15) is 0 Å². The first kappa shape index (κ1) is 7.37. The summed E-state index contributed by atoms with van der Waals surface area (Å²) in [5.74, 6) is 3.25. The fraction of sp³-hybridized carbons (Fsp3) is 1.00. The Labute approximate surface area is 74.2 Å². The summed E-state index contributed by atoms with van der Waals surface area (Å²) in [6.45, 7) is 2.08. The third-order valence-corrected chi connectivity index (χ3v) is 4.79. The molecule has 0 atom stereocenters. The van der Waals surface area contributed by atoms with Crippen molar-refractivity contribution in [1.82, 2.24) is 0 Å². The second-order valence-electron chi connectivity index (χ2n) is 5.53. The molecule has 1 heteroatoms. The maximum Gasteiger partial charge on any atom is 0.0676 e. The molecule has 0 radical (unpaired) electrons. The van der Waals surface area contributed by atoms with Crippen LogP contribution in [-0.2, 0) is 0 Å². The fourth-order valence-corrected chi connectivity index (χ4v) is 4.14. The van der Waals surface area contributed by atoms with Gasteiger partial charge in [-0.05, 0) is 62.7 Å². The smallest absolute Gasteiger partial charge is 0.0676 e. The molecule has 0 spiro atoms. The molecule has 1 nitrogen and oxygen atoms in total. The molecule has 0 aromatic heterocycles. The molecule has 4 aliphatic carbocycles. The Kier molecular flexibility index (Phi) is 1.27. The lowest BCUT2D eigenvalue weighted by Crippen LogP contribution is -2.55. The van der Waals surface area contributed by atoms with E-state index in [2.05, 4.69) is 6.92 Å². The fourth-order valence-electron chi connectivity index (χ4n) is 4.14. The lowest BCUT2D eigenvalue weighted by Gasteiger charge is -2.57. The lowest BCUT2D eigenvalue weighted by molar-refractivity contribution is -0.161. The molecule has 1 N–H and O–H groups in total. The van der Waals surface area contributed by atoms with Gasteiger partial charge in [0.2, 0.25) is 0 Å². The van der Waals surface area contributed by atoms with Crippen molar-refractivity contribution in [2.75, 3.05) is 0 Å². The Morgan fingerprint density at radius 3 is 1.75 bits per heavy atom. The molecule has 0 aromatic carbocycles. The van der Waals surface area contributed by atoms with Gasteiger partial charge in [0.05, 0.1) is 5.60 Å². The molecule has 4 saturated carbocycles. The third kappa shape index (κ3) is 0.783. The lowest BCUT2D eigenvalue weighted by atomic mass is 9.50. The van der Waals surface area contributed by atoms with E-state index < -0.39 is 0 Å². The van der Waals surface area contributed by atoms with E-state index in [1.54, 1.807) is 0 Å². The molecule has 4 bridgehead atoms. The summed E-state index contributed by atoms with van der Waals surface area (Å²) in [7, 11) is 0. The minimum Gasteiger partial charge on any atom is -0.390 e. The molecule has 68 valence electrons. The maximum atomic E-state index is 10.3. The normalized spacial score (nSPS) is 62.5. The van der Waals surface area contributed by atoms with Crippen molar-refractivity contribution in [1.29, 1.82) is 0 Å². The van der Waals surface area contributed by atoms with Gasteiger partial charge < -0.3 is 5.11 Å². The van der Waals surface area contributed by atoms with Crippen LogP contribution in [0.5, 0.6) is 0 Å². The van der Waals surface area contributed by atoms with Crippen molar-refractivity contribution >= 4 is 0 Å². The zero-order valence-electron chi connectivity index (χ0n) is 7.79. The van der Waals surface area contributed by atoms with Crippen LogP contribution in [-0.4, -0.2) is 10.7 Å². The highest BCUT2D eigenvalue weighted by Gasteiger charge is 2.53. The van der Waals surface area contributed by atoms with Crippen LogP contribution in [0.15, 0.2) is 0 Å². The summed E-state index contributed by atoms with van der Waals surface area (Å²) in [6, 6.07) is 0. The highest BCUT2D eigenvalue weighted by molar-refractivity contribution is 5.04.